The number of carbonyl (C=O) groups excluding carboxylic acids is 1. The van der Waals surface area contributed by atoms with E-state index in [9.17, 15) is 4.79 Å². The molecular formula is C19H20N4O. The molecule has 2 aliphatic rings. The molecule has 2 amide bonds. The summed E-state index contributed by atoms with van der Waals surface area (Å²) in [5, 5.41) is 3.31. The van der Waals surface area contributed by atoms with Crippen molar-refractivity contribution in [2.24, 2.45) is 5.73 Å². The van der Waals surface area contributed by atoms with Crippen molar-refractivity contribution in [3.8, 4) is 0 Å². The fourth-order valence-electron chi connectivity index (χ4n) is 3.56. The molecule has 1 aromatic heterocycles. The third-order valence-electron chi connectivity index (χ3n) is 4.78. The molecule has 0 saturated heterocycles. The van der Waals surface area contributed by atoms with Crippen LogP contribution in [-0.2, 0) is 6.54 Å². The van der Waals surface area contributed by atoms with Crippen LogP contribution >= 0.6 is 0 Å². The van der Waals surface area contributed by atoms with Crippen LogP contribution in [0.4, 0.5) is 4.79 Å². The molecule has 0 aliphatic carbocycles. The van der Waals surface area contributed by atoms with E-state index in [4.69, 9.17) is 5.73 Å². The number of nitrogens with two attached hydrogens (primary N) is 1. The van der Waals surface area contributed by atoms with Gasteiger partial charge in [-0.1, -0.05) is 36.4 Å². The highest BCUT2D eigenvalue weighted by atomic mass is 16.2. The van der Waals surface area contributed by atoms with Crippen molar-refractivity contribution in [3.05, 3.63) is 71.1 Å². The van der Waals surface area contributed by atoms with E-state index in [1.165, 1.54) is 5.57 Å². The van der Waals surface area contributed by atoms with Crippen molar-refractivity contribution in [1.82, 2.24) is 15.2 Å². The van der Waals surface area contributed by atoms with Gasteiger partial charge in [0.05, 0.1) is 11.7 Å². The first-order valence-electron chi connectivity index (χ1n) is 8.24. The highest BCUT2D eigenvalue weighted by Crippen LogP contribution is 2.38. The molecule has 5 heteroatoms. The third-order valence-corrected chi connectivity index (χ3v) is 4.78. The van der Waals surface area contributed by atoms with Gasteiger partial charge >= 0.3 is 6.03 Å². The molecule has 122 valence electrons. The van der Waals surface area contributed by atoms with Crippen LogP contribution in [0.1, 0.15) is 34.8 Å². The maximum Gasteiger partial charge on any atom is 0.315 e. The van der Waals surface area contributed by atoms with E-state index in [1.807, 2.05) is 30.5 Å². The zero-order valence-corrected chi connectivity index (χ0v) is 13.4. The summed E-state index contributed by atoms with van der Waals surface area (Å²) in [5.74, 6) is 0. The number of hydrogen-bond acceptors (Lipinski definition) is 3. The van der Waals surface area contributed by atoms with E-state index < -0.39 is 6.03 Å². The maximum absolute atomic E-state index is 11.9. The molecule has 2 aliphatic heterocycles. The van der Waals surface area contributed by atoms with Crippen molar-refractivity contribution >= 4 is 11.6 Å². The molecule has 1 unspecified atom stereocenters. The summed E-state index contributed by atoms with van der Waals surface area (Å²) in [4.78, 5) is 18.2. The molecule has 2 aromatic rings. The largest absolute Gasteiger partial charge is 0.351 e. The number of benzene rings is 1. The Labute approximate surface area is 141 Å². The zero-order chi connectivity index (χ0) is 16.5. The van der Waals surface area contributed by atoms with E-state index in [-0.39, 0.29) is 6.04 Å². The van der Waals surface area contributed by atoms with Crippen LogP contribution in [0, 0.1) is 0 Å². The number of fused-ring (bicyclic) bond motifs is 1. The summed E-state index contributed by atoms with van der Waals surface area (Å²) in [7, 11) is 0. The highest BCUT2D eigenvalue weighted by Gasteiger charge is 2.33. The fraction of sp³-hybridized carbons (Fsp3) is 0.263. The molecule has 1 atom stereocenters. The first-order valence-corrected chi connectivity index (χ1v) is 8.24. The number of urea groups is 1. The first kappa shape index (κ1) is 14.9. The summed E-state index contributed by atoms with van der Waals surface area (Å²) in [6, 6.07) is 11.7. The minimum Gasteiger partial charge on any atom is -0.351 e. The minimum atomic E-state index is -0.402. The minimum absolute atomic E-state index is 0.151. The van der Waals surface area contributed by atoms with Gasteiger partial charge in [-0.2, -0.15) is 0 Å². The lowest BCUT2D eigenvalue weighted by Crippen LogP contribution is -2.34. The number of hydrogen-bond donors (Lipinski definition) is 2. The second-order valence-corrected chi connectivity index (χ2v) is 6.23. The van der Waals surface area contributed by atoms with Gasteiger partial charge in [-0.25, -0.2) is 4.79 Å². The van der Waals surface area contributed by atoms with Crippen LogP contribution in [-0.4, -0.2) is 29.0 Å². The lowest BCUT2D eigenvalue weighted by molar-refractivity contribution is 0.199. The molecule has 0 spiro atoms. The Morgan fingerprint density at radius 2 is 2.12 bits per heavy atom. The monoisotopic (exact) mass is 320 g/mol. The molecule has 1 aromatic carbocycles. The van der Waals surface area contributed by atoms with E-state index in [1.54, 1.807) is 4.90 Å². The van der Waals surface area contributed by atoms with E-state index in [0.29, 0.717) is 6.54 Å². The quantitative estimate of drug-likeness (QED) is 0.893. The number of nitrogens with one attached hydrogen (secondary N) is 1. The molecule has 4 rings (SSSR count). The Bertz CT molecular complexity index is 797. The van der Waals surface area contributed by atoms with Gasteiger partial charge in [0.2, 0.25) is 0 Å². The van der Waals surface area contributed by atoms with Gasteiger partial charge in [0.25, 0.3) is 0 Å². The standard InChI is InChI=1S/C19H20N4O/c20-19(24)23-12-15-3-1-2-4-16(15)18(23)14-5-6-17(22-11-14)13-7-9-21-10-8-13/h1-7,11,18,21H,8-10,12H2,(H2,20,24). The van der Waals surface area contributed by atoms with Gasteiger partial charge in [-0.05, 0) is 41.3 Å². The van der Waals surface area contributed by atoms with Gasteiger partial charge in [0.15, 0.2) is 0 Å². The molecule has 0 bridgehead atoms. The fourth-order valence-corrected chi connectivity index (χ4v) is 3.56. The smallest absolute Gasteiger partial charge is 0.315 e. The van der Waals surface area contributed by atoms with Crippen molar-refractivity contribution in [3.63, 3.8) is 0 Å². The molecule has 3 heterocycles. The second kappa shape index (κ2) is 6.09. The summed E-state index contributed by atoms with van der Waals surface area (Å²) in [5.41, 5.74) is 11.2. The predicted molar refractivity (Wildman–Crippen MR) is 93.1 cm³/mol. The molecule has 0 radical (unpaired) electrons. The molecule has 5 nitrogen and oxygen atoms in total. The number of rotatable bonds is 2. The maximum atomic E-state index is 11.9. The molecular weight excluding hydrogens is 300 g/mol. The lowest BCUT2D eigenvalue weighted by Gasteiger charge is -2.24. The van der Waals surface area contributed by atoms with Crippen LogP contribution in [0.5, 0.6) is 0 Å². The highest BCUT2D eigenvalue weighted by molar-refractivity contribution is 5.74. The van der Waals surface area contributed by atoms with Crippen molar-refractivity contribution in [1.29, 1.82) is 0 Å². The molecule has 0 saturated carbocycles. The third kappa shape index (κ3) is 2.57. The number of amides is 2. The number of carbonyl (C=O) groups is 1. The van der Waals surface area contributed by atoms with Gasteiger partial charge in [-0.15, -0.1) is 0 Å². The lowest BCUT2D eigenvalue weighted by atomic mass is 9.98. The summed E-state index contributed by atoms with van der Waals surface area (Å²) < 4.78 is 0. The molecule has 24 heavy (non-hydrogen) atoms. The van der Waals surface area contributed by atoms with Gasteiger partial charge in [-0.3, -0.25) is 4.98 Å². The Balaban J connectivity index is 1.69. The van der Waals surface area contributed by atoms with E-state index >= 15 is 0 Å². The summed E-state index contributed by atoms with van der Waals surface area (Å²) in [6.07, 6.45) is 5.05. The second-order valence-electron chi connectivity index (χ2n) is 6.23. The molecule has 0 fully saturated rings. The van der Waals surface area contributed by atoms with Crippen LogP contribution in [0.2, 0.25) is 0 Å². The zero-order valence-electron chi connectivity index (χ0n) is 13.4. The molecule has 3 N–H and O–H groups in total. The van der Waals surface area contributed by atoms with E-state index in [0.717, 1.165) is 41.9 Å². The van der Waals surface area contributed by atoms with Crippen LogP contribution in [0.25, 0.3) is 5.57 Å². The number of pyridine rings is 1. The Morgan fingerprint density at radius 1 is 1.25 bits per heavy atom. The predicted octanol–water partition coefficient (Wildman–Crippen LogP) is 2.44. The Kier molecular flexibility index (Phi) is 3.78. The number of nitrogens with zero attached hydrogens (tertiary/aromatic N) is 2. The van der Waals surface area contributed by atoms with Crippen LogP contribution < -0.4 is 11.1 Å². The van der Waals surface area contributed by atoms with Crippen LogP contribution in [0.3, 0.4) is 0 Å². The average molecular weight is 320 g/mol. The van der Waals surface area contributed by atoms with Crippen molar-refractivity contribution in [2.45, 2.75) is 19.0 Å². The summed E-state index contributed by atoms with van der Waals surface area (Å²) in [6.45, 7) is 2.43. The number of aromatic nitrogens is 1. The van der Waals surface area contributed by atoms with E-state index in [2.05, 4.69) is 28.5 Å². The number of primary amides is 1. The van der Waals surface area contributed by atoms with Gasteiger partial charge < -0.3 is 16.0 Å². The summed E-state index contributed by atoms with van der Waals surface area (Å²) >= 11 is 0. The Hall–Kier alpha value is -2.66. The topological polar surface area (TPSA) is 71.2 Å². The van der Waals surface area contributed by atoms with Crippen LogP contribution in [0.15, 0.2) is 48.7 Å². The van der Waals surface area contributed by atoms with Crippen molar-refractivity contribution < 1.29 is 4.79 Å². The normalized spacial score (nSPS) is 19.8. The SMILES string of the molecule is NC(=O)N1Cc2ccccc2C1c1ccc(C2=CCNCC2)nc1. The first-order chi connectivity index (χ1) is 11.7. The van der Waals surface area contributed by atoms with Gasteiger partial charge in [0.1, 0.15) is 0 Å². The van der Waals surface area contributed by atoms with Gasteiger partial charge in [0, 0.05) is 19.3 Å². The van der Waals surface area contributed by atoms with Crippen molar-refractivity contribution in [2.75, 3.05) is 13.1 Å². The average Bonchev–Trinajstić information content (AvgIpc) is 3.02. The Morgan fingerprint density at radius 3 is 2.83 bits per heavy atom.